The van der Waals surface area contributed by atoms with Crippen molar-refractivity contribution in [3.05, 3.63) is 35.4 Å². The van der Waals surface area contributed by atoms with Gasteiger partial charge in [-0.25, -0.2) is 8.78 Å². The summed E-state index contributed by atoms with van der Waals surface area (Å²) in [5.74, 6) is -1.14. The first-order chi connectivity index (χ1) is 16.0. The second-order valence-electron chi connectivity index (χ2n) is 11.0. The summed E-state index contributed by atoms with van der Waals surface area (Å²) in [6, 6.07) is 4.47. The minimum Gasteiger partial charge on any atom is -0.481 e. The zero-order valence-corrected chi connectivity index (χ0v) is 20.0. The molecule has 1 N–H and O–H groups in total. The van der Waals surface area contributed by atoms with Crippen LogP contribution < -0.4 is 0 Å². The maximum absolute atomic E-state index is 14.3. The van der Waals surface area contributed by atoms with Crippen LogP contribution in [-0.4, -0.2) is 35.1 Å². The van der Waals surface area contributed by atoms with Crippen LogP contribution in [0.25, 0.3) is 0 Å². The van der Waals surface area contributed by atoms with Crippen LogP contribution >= 0.6 is 0 Å². The molecule has 0 saturated heterocycles. The zero-order chi connectivity index (χ0) is 23.2. The number of hydrogen-bond acceptors (Lipinski definition) is 2. The van der Waals surface area contributed by atoms with Gasteiger partial charge in [-0.2, -0.15) is 0 Å². The molecule has 0 aromatic heterocycles. The number of aliphatic carboxylic acids is 1. The van der Waals surface area contributed by atoms with Crippen molar-refractivity contribution in [3.8, 4) is 0 Å². The first-order valence-corrected chi connectivity index (χ1v) is 13.4. The first-order valence-electron chi connectivity index (χ1n) is 13.4. The van der Waals surface area contributed by atoms with Crippen molar-refractivity contribution in [2.45, 2.75) is 102 Å². The van der Waals surface area contributed by atoms with Crippen LogP contribution in [0.5, 0.6) is 0 Å². The second kappa shape index (κ2) is 11.8. The minimum atomic E-state index is -0.831. The highest BCUT2D eigenvalue weighted by Gasteiger charge is 2.40. The highest BCUT2D eigenvalue weighted by Crippen LogP contribution is 2.44. The van der Waals surface area contributed by atoms with E-state index in [0.29, 0.717) is 11.8 Å². The summed E-state index contributed by atoms with van der Waals surface area (Å²) in [5.41, 5.74) is 0.780. The van der Waals surface area contributed by atoms with Gasteiger partial charge in [0.15, 0.2) is 11.6 Å². The summed E-state index contributed by atoms with van der Waals surface area (Å²) in [7, 11) is 0. The van der Waals surface area contributed by atoms with E-state index in [1.165, 1.54) is 76.3 Å². The van der Waals surface area contributed by atoms with Crippen molar-refractivity contribution in [2.75, 3.05) is 13.1 Å². The predicted octanol–water partition coefficient (Wildman–Crippen LogP) is 7.15. The number of carboxylic acid groups (broad SMARTS) is 1. The Hall–Kier alpha value is -1.49. The summed E-state index contributed by atoms with van der Waals surface area (Å²) < 4.78 is 28.1. The van der Waals surface area contributed by atoms with Gasteiger partial charge in [-0.3, -0.25) is 9.69 Å². The highest BCUT2D eigenvalue weighted by molar-refractivity contribution is 5.67. The molecule has 3 atom stereocenters. The van der Waals surface area contributed by atoms with Gasteiger partial charge in [0.25, 0.3) is 0 Å². The molecule has 3 aliphatic carbocycles. The van der Waals surface area contributed by atoms with Crippen LogP contribution in [0.1, 0.15) is 101 Å². The fraction of sp³-hybridized carbons (Fsp3) is 0.750. The van der Waals surface area contributed by atoms with Gasteiger partial charge in [0.05, 0.1) is 0 Å². The van der Waals surface area contributed by atoms with Gasteiger partial charge in [0.1, 0.15) is 0 Å². The van der Waals surface area contributed by atoms with E-state index >= 15 is 0 Å². The number of carboxylic acids is 1. The molecule has 3 unspecified atom stereocenters. The molecule has 0 radical (unpaired) electrons. The summed E-state index contributed by atoms with van der Waals surface area (Å²) in [5, 5.41) is 9.63. The van der Waals surface area contributed by atoms with Crippen molar-refractivity contribution in [3.63, 3.8) is 0 Å². The Balaban J connectivity index is 1.63. The van der Waals surface area contributed by atoms with E-state index in [9.17, 15) is 18.7 Å². The Bertz CT molecular complexity index is 753. The second-order valence-corrected chi connectivity index (χ2v) is 11.0. The molecule has 4 rings (SSSR count). The van der Waals surface area contributed by atoms with Gasteiger partial charge in [-0.05, 0) is 74.0 Å². The summed E-state index contributed by atoms with van der Waals surface area (Å²) >= 11 is 0. The largest absolute Gasteiger partial charge is 0.481 e. The number of carbonyl (C=O) groups is 1. The normalized spacial score (nSPS) is 27.7. The van der Waals surface area contributed by atoms with Gasteiger partial charge in [-0.1, -0.05) is 51.0 Å². The summed E-state index contributed by atoms with van der Waals surface area (Å²) in [6.07, 6.45) is 16.0. The molecule has 0 heterocycles. The Morgan fingerprint density at radius 1 is 0.818 bits per heavy atom. The van der Waals surface area contributed by atoms with Gasteiger partial charge < -0.3 is 5.11 Å². The number of benzene rings is 1. The number of rotatable bonds is 8. The smallest absolute Gasteiger partial charge is 0.303 e. The average molecular weight is 462 g/mol. The third kappa shape index (κ3) is 6.55. The molecule has 3 nitrogen and oxygen atoms in total. The van der Waals surface area contributed by atoms with Gasteiger partial charge in [0.2, 0.25) is 0 Å². The van der Waals surface area contributed by atoms with Crippen molar-refractivity contribution in [2.24, 2.45) is 17.8 Å². The van der Waals surface area contributed by atoms with Crippen LogP contribution in [0.15, 0.2) is 18.2 Å². The molecule has 1 aromatic carbocycles. The molecule has 3 saturated carbocycles. The van der Waals surface area contributed by atoms with Gasteiger partial charge in [0, 0.05) is 31.5 Å². The Labute approximate surface area is 197 Å². The molecule has 3 aliphatic rings. The van der Waals surface area contributed by atoms with Crippen LogP contribution in [0.2, 0.25) is 0 Å². The molecule has 3 fully saturated rings. The standard InChI is InChI=1S/C28H41F2NO2/c29-24-15-14-23(16-25(24)30)28-22(17-27(32)33)12-7-13-26(28)31(18-20-8-3-1-4-9-20)19-21-10-5-2-6-11-21/h14-16,20-22,26,28H,1-13,17-19H2,(H,32,33). The quantitative estimate of drug-likeness (QED) is 0.447. The van der Waals surface area contributed by atoms with Crippen molar-refractivity contribution in [1.82, 2.24) is 4.90 Å². The van der Waals surface area contributed by atoms with Crippen LogP contribution in [-0.2, 0) is 4.79 Å². The number of nitrogens with zero attached hydrogens (tertiary/aromatic N) is 1. The van der Waals surface area contributed by atoms with Crippen molar-refractivity contribution < 1.29 is 18.7 Å². The maximum atomic E-state index is 14.3. The van der Waals surface area contributed by atoms with Crippen LogP contribution in [0.3, 0.4) is 0 Å². The molecule has 5 heteroatoms. The summed E-state index contributed by atoms with van der Waals surface area (Å²) in [6.45, 7) is 2.14. The van der Waals surface area contributed by atoms with Crippen molar-refractivity contribution in [1.29, 1.82) is 0 Å². The fourth-order valence-corrected chi connectivity index (χ4v) is 7.09. The maximum Gasteiger partial charge on any atom is 0.303 e. The average Bonchev–Trinajstić information content (AvgIpc) is 2.81. The molecular formula is C28H41F2NO2. The van der Waals surface area contributed by atoms with E-state index < -0.39 is 17.6 Å². The third-order valence-corrected chi connectivity index (χ3v) is 8.67. The highest BCUT2D eigenvalue weighted by atomic mass is 19.2. The Morgan fingerprint density at radius 2 is 1.42 bits per heavy atom. The van der Waals surface area contributed by atoms with E-state index in [1.807, 2.05) is 0 Å². The molecule has 0 aliphatic heterocycles. The van der Waals surface area contributed by atoms with E-state index in [4.69, 9.17) is 0 Å². The lowest BCUT2D eigenvalue weighted by atomic mass is 9.70. The van der Waals surface area contributed by atoms with Gasteiger partial charge >= 0.3 is 5.97 Å². The van der Waals surface area contributed by atoms with E-state index in [2.05, 4.69) is 4.90 Å². The lowest BCUT2D eigenvalue weighted by Crippen LogP contribution is -2.49. The molecular weight excluding hydrogens is 420 g/mol. The monoisotopic (exact) mass is 461 g/mol. The minimum absolute atomic E-state index is 0.0358. The first kappa shape index (κ1) is 24.6. The SMILES string of the molecule is O=C(O)CC1CCCC(N(CC2CCCCC2)CC2CCCCC2)C1c1ccc(F)c(F)c1. The zero-order valence-electron chi connectivity index (χ0n) is 20.0. The molecule has 184 valence electrons. The van der Waals surface area contributed by atoms with E-state index in [0.717, 1.165) is 37.9 Å². The molecule has 1 aromatic rings. The summed E-state index contributed by atoms with van der Waals surface area (Å²) in [4.78, 5) is 14.4. The predicted molar refractivity (Wildman–Crippen MR) is 127 cm³/mol. The molecule has 33 heavy (non-hydrogen) atoms. The lowest BCUT2D eigenvalue weighted by Gasteiger charge is -2.47. The molecule has 0 amide bonds. The Morgan fingerprint density at radius 3 is 1.97 bits per heavy atom. The fourth-order valence-electron chi connectivity index (χ4n) is 7.09. The van der Waals surface area contributed by atoms with Crippen LogP contribution in [0.4, 0.5) is 8.78 Å². The third-order valence-electron chi connectivity index (χ3n) is 8.67. The van der Waals surface area contributed by atoms with E-state index in [1.54, 1.807) is 6.07 Å². The molecule has 0 bridgehead atoms. The van der Waals surface area contributed by atoms with Gasteiger partial charge in [-0.15, -0.1) is 0 Å². The Kier molecular flexibility index (Phi) is 8.78. The topological polar surface area (TPSA) is 40.5 Å². The number of halogens is 2. The van der Waals surface area contributed by atoms with Crippen molar-refractivity contribution >= 4 is 5.97 Å². The van der Waals surface area contributed by atoms with Crippen LogP contribution in [0, 0.1) is 29.4 Å². The van der Waals surface area contributed by atoms with E-state index in [-0.39, 0.29) is 24.3 Å². The lowest BCUT2D eigenvalue weighted by molar-refractivity contribution is -0.138. The number of hydrogen-bond donors (Lipinski definition) is 1. The molecule has 0 spiro atoms.